The van der Waals surface area contributed by atoms with Gasteiger partial charge < -0.3 is 29.8 Å². The molecule has 2 N–H and O–H groups in total. The maximum Gasteiger partial charge on any atom is 0.373 e. The van der Waals surface area contributed by atoms with Gasteiger partial charge in [0.15, 0.2) is 12.2 Å². The van der Waals surface area contributed by atoms with Crippen LogP contribution in [0.1, 0.15) is 68.0 Å². The highest BCUT2D eigenvalue weighted by molar-refractivity contribution is 5.94. The Labute approximate surface area is 355 Å². The van der Waals surface area contributed by atoms with Crippen molar-refractivity contribution < 1.29 is 47.9 Å². The molecule has 62 heavy (non-hydrogen) atoms. The number of nitrogens with zero attached hydrogens (tertiary/aromatic N) is 4. The van der Waals surface area contributed by atoms with E-state index in [2.05, 4.69) is 30.9 Å². The molecule has 0 spiro atoms. The molecule has 2 atom stereocenters. The lowest BCUT2D eigenvalue weighted by Gasteiger charge is -2.10. The Morgan fingerprint density at radius 1 is 0.532 bits per heavy atom. The molecule has 0 bridgehead atoms. The van der Waals surface area contributed by atoms with Gasteiger partial charge in [-0.05, 0) is 70.8 Å². The van der Waals surface area contributed by atoms with Crippen LogP contribution in [-0.2, 0) is 41.9 Å². The smallest absolute Gasteiger partial charge is 0.373 e. The fourth-order valence-corrected chi connectivity index (χ4v) is 5.73. The predicted octanol–water partition coefficient (Wildman–Crippen LogP) is 6.56. The van der Waals surface area contributed by atoms with E-state index in [9.17, 15) is 9.59 Å². The first-order valence-corrected chi connectivity index (χ1v) is 18.8. The summed E-state index contributed by atoms with van der Waals surface area (Å²) in [6.07, 6.45) is 7.70. The highest BCUT2D eigenvalue weighted by atomic mass is 16.7. The molecular formula is C46H38N6O10. The number of aromatic nitrogens is 2. The summed E-state index contributed by atoms with van der Waals surface area (Å²) in [6.45, 7) is 0.992. The maximum atomic E-state index is 12.3. The number of carbonyl (C=O) groups is 2. The monoisotopic (exact) mass is 834 g/mol. The number of hydrogen-bond donors (Lipinski definition) is 2. The third-order valence-corrected chi connectivity index (χ3v) is 8.70. The van der Waals surface area contributed by atoms with Crippen molar-refractivity contribution in [1.29, 1.82) is 0 Å². The van der Waals surface area contributed by atoms with Crippen molar-refractivity contribution in [1.82, 2.24) is 20.6 Å². The lowest BCUT2D eigenvalue weighted by molar-refractivity contribution is -0.193. The summed E-state index contributed by atoms with van der Waals surface area (Å²) < 4.78 is 11.3. The molecule has 2 aliphatic heterocycles. The minimum Gasteiger partial charge on any atom is -0.438 e. The summed E-state index contributed by atoms with van der Waals surface area (Å²) in [4.78, 5) is 76.1. The number of hydrogen-bond acceptors (Lipinski definition) is 14. The fourth-order valence-electron chi connectivity index (χ4n) is 5.73. The molecule has 4 heterocycles. The number of pyridine rings is 2. The first-order chi connectivity index (χ1) is 30.4. The van der Waals surface area contributed by atoms with E-state index < -0.39 is 0 Å². The molecule has 0 fully saturated rings. The van der Waals surface area contributed by atoms with E-state index in [1.165, 1.54) is 0 Å². The lowest BCUT2D eigenvalue weighted by atomic mass is 10.0. The van der Waals surface area contributed by atoms with Crippen molar-refractivity contribution in [2.75, 3.05) is 0 Å². The average Bonchev–Trinajstić information content (AvgIpc) is 4.00. The lowest BCUT2D eigenvalue weighted by Crippen LogP contribution is -2.22. The van der Waals surface area contributed by atoms with Gasteiger partial charge in [-0.15, -0.1) is 0 Å². The zero-order valence-corrected chi connectivity index (χ0v) is 32.9. The van der Waals surface area contributed by atoms with Crippen molar-refractivity contribution in [3.63, 3.8) is 0 Å². The van der Waals surface area contributed by atoms with Gasteiger partial charge in [-0.25, -0.2) is 0 Å². The van der Waals surface area contributed by atoms with E-state index in [1.807, 2.05) is 97.1 Å². The normalized spacial score (nSPS) is 14.2. The first-order valence-electron chi connectivity index (χ1n) is 18.8. The van der Waals surface area contributed by atoms with Crippen molar-refractivity contribution in [3.8, 4) is 11.5 Å². The molecule has 0 saturated carbocycles. The Morgan fingerprint density at radius 2 is 0.903 bits per heavy atom. The number of nitrogens with one attached hydrogen (secondary N) is 2. The SMILES string of the molecule is O=C(NCc1ccccc1)c1ccc([C@@H]2CC(Oc3cccnc3)=NO2)cc1.O=C(NCc1ccccc1)c1ccc([C@H]2CC(Oc3cccnc3)=NO2)cc1.O=C=O.O=C=O. The van der Waals surface area contributed by atoms with Gasteiger partial charge in [0.05, 0.1) is 25.2 Å². The molecule has 6 aromatic rings. The molecule has 2 aliphatic rings. The van der Waals surface area contributed by atoms with Crippen LogP contribution < -0.4 is 20.1 Å². The molecule has 0 aliphatic carbocycles. The molecule has 16 nitrogen and oxygen atoms in total. The number of amides is 2. The van der Waals surface area contributed by atoms with E-state index in [0.717, 1.165) is 22.3 Å². The Bertz CT molecular complexity index is 2270. The second-order valence-corrected chi connectivity index (χ2v) is 12.9. The molecule has 16 heteroatoms. The molecule has 2 amide bonds. The number of carbonyl (C=O) groups excluding carboxylic acids is 6. The quantitative estimate of drug-likeness (QED) is 0.150. The Kier molecular flexibility index (Phi) is 17.5. The second-order valence-electron chi connectivity index (χ2n) is 12.9. The molecule has 2 aromatic heterocycles. The largest absolute Gasteiger partial charge is 0.438 e. The van der Waals surface area contributed by atoms with Crippen molar-refractivity contribution in [2.24, 2.45) is 10.3 Å². The van der Waals surface area contributed by atoms with Gasteiger partial charge in [0.1, 0.15) is 11.5 Å². The molecule has 312 valence electrons. The van der Waals surface area contributed by atoms with E-state index >= 15 is 0 Å². The van der Waals surface area contributed by atoms with Crippen molar-refractivity contribution in [2.45, 2.75) is 38.1 Å². The molecular weight excluding hydrogens is 797 g/mol. The minimum absolute atomic E-state index is 0.111. The minimum atomic E-state index is -0.229. The summed E-state index contributed by atoms with van der Waals surface area (Å²) >= 11 is 0. The molecule has 0 radical (unpaired) electrons. The number of oxime groups is 2. The van der Waals surface area contributed by atoms with Crippen LogP contribution in [0.5, 0.6) is 11.5 Å². The Morgan fingerprint density at radius 3 is 1.24 bits per heavy atom. The molecule has 0 saturated heterocycles. The van der Waals surface area contributed by atoms with Crippen molar-refractivity contribution >= 4 is 35.9 Å². The Hall–Kier alpha value is -8.58. The summed E-state index contributed by atoms with van der Waals surface area (Å²) in [5, 5.41) is 13.8. The van der Waals surface area contributed by atoms with Crippen LogP contribution in [0.3, 0.4) is 0 Å². The predicted molar refractivity (Wildman–Crippen MR) is 220 cm³/mol. The highest BCUT2D eigenvalue weighted by Gasteiger charge is 2.26. The van der Waals surface area contributed by atoms with Gasteiger partial charge in [0.25, 0.3) is 11.8 Å². The topological polar surface area (TPSA) is 214 Å². The summed E-state index contributed by atoms with van der Waals surface area (Å²) in [5.74, 6) is 2.02. The van der Waals surface area contributed by atoms with Gasteiger partial charge >= 0.3 is 12.3 Å². The van der Waals surface area contributed by atoms with E-state index in [-0.39, 0.29) is 36.3 Å². The fraction of sp³-hybridized carbons (Fsp3) is 0.130. The summed E-state index contributed by atoms with van der Waals surface area (Å²) in [5.41, 5.74) is 5.20. The average molecular weight is 835 g/mol. The highest BCUT2D eigenvalue weighted by Crippen LogP contribution is 2.30. The van der Waals surface area contributed by atoms with Gasteiger partial charge in [0, 0.05) is 36.6 Å². The molecule has 4 aromatic carbocycles. The first kappa shape index (κ1) is 44.5. The van der Waals surface area contributed by atoms with Gasteiger partial charge in [-0.1, -0.05) is 95.2 Å². The van der Waals surface area contributed by atoms with Crippen LogP contribution in [0.25, 0.3) is 0 Å². The van der Waals surface area contributed by atoms with E-state index in [0.29, 0.717) is 60.4 Å². The van der Waals surface area contributed by atoms with Crippen LogP contribution in [-0.4, -0.2) is 45.9 Å². The van der Waals surface area contributed by atoms with Gasteiger partial charge in [-0.3, -0.25) is 19.6 Å². The zero-order valence-electron chi connectivity index (χ0n) is 32.9. The van der Waals surface area contributed by atoms with Crippen LogP contribution in [0, 0.1) is 0 Å². The van der Waals surface area contributed by atoms with Crippen LogP contribution >= 0.6 is 0 Å². The number of ether oxygens (including phenoxy) is 2. The van der Waals surface area contributed by atoms with Crippen LogP contribution in [0.4, 0.5) is 0 Å². The summed E-state index contributed by atoms with van der Waals surface area (Å²) in [6, 6.07) is 41.5. The van der Waals surface area contributed by atoms with Crippen LogP contribution in [0.15, 0.2) is 169 Å². The maximum absolute atomic E-state index is 12.3. The van der Waals surface area contributed by atoms with Gasteiger partial charge in [0.2, 0.25) is 11.8 Å². The second kappa shape index (κ2) is 24.4. The summed E-state index contributed by atoms with van der Waals surface area (Å²) in [7, 11) is 0. The van der Waals surface area contributed by atoms with Gasteiger partial charge in [-0.2, -0.15) is 19.2 Å². The molecule has 0 unspecified atom stereocenters. The zero-order chi connectivity index (χ0) is 43.8. The third kappa shape index (κ3) is 14.4. The van der Waals surface area contributed by atoms with Crippen LogP contribution in [0.2, 0.25) is 0 Å². The number of rotatable bonds is 10. The standard InChI is InChI=1S/2C22H19N3O3.2CO2/c2*26-22(24-14-16-5-2-1-3-6-16)18-10-8-17(9-11-18)20-13-21(25-28-20)27-19-7-4-12-23-15-19;2*2-1-3/h2*1-12,15,20H,13-14H2,(H,24,26);;/t2*20-;;/m10../s1. The van der Waals surface area contributed by atoms with E-state index in [1.54, 1.807) is 61.2 Å². The van der Waals surface area contributed by atoms with E-state index in [4.69, 9.17) is 38.3 Å². The molecule has 8 rings (SSSR count). The van der Waals surface area contributed by atoms with Crippen molar-refractivity contribution in [3.05, 3.63) is 192 Å². The number of benzene rings is 4. The Balaban J connectivity index is 0.000000208. The third-order valence-electron chi connectivity index (χ3n) is 8.70.